The van der Waals surface area contributed by atoms with Crippen LogP contribution in [-0.2, 0) is 9.59 Å². The van der Waals surface area contributed by atoms with Gasteiger partial charge in [0.2, 0.25) is 0 Å². The van der Waals surface area contributed by atoms with Crippen LogP contribution in [-0.4, -0.2) is 37.5 Å². The Morgan fingerprint density at radius 1 is 0.840 bits per heavy atom. The van der Waals surface area contributed by atoms with E-state index >= 15 is 0 Å². The van der Waals surface area contributed by atoms with E-state index in [1.54, 1.807) is 0 Å². The highest BCUT2D eigenvalue weighted by atomic mass is 16.4. The molecule has 0 fully saturated rings. The molecule has 2 atom stereocenters. The molecule has 9 heteroatoms. The van der Waals surface area contributed by atoms with Crippen molar-refractivity contribution >= 4 is 11.9 Å². The average Bonchev–Trinajstić information content (AvgIpc) is 2.53. The minimum Gasteiger partial charge on any atom is -0.508 e. The van der Waals surface area contributed by atoms with Crippen LogP contribution in [0.4, 0.5) is 0 Å². The van der Waals surface area contributed by atoms with Gasteiger partial charge in [0.05, 0.1) is 0 Å². The standard InChI is InChI=1S/C16H16N2O7/c17-13(15(22)23)6-1-2-10(20)8(3-6)12-9(14(18)16(24)25)4-7(19)5-11(12)21/h1-5,13-14,19-21H,17-18H2,(H,22,23)(H,24,25)/t13-,14+/m1/s1. The van der Waals surface area contributed by atoms with E-state index in [-0.39, 0.29) is 28.0 Å². The lowest BCUT2D eigenvalue weighted by Crippen LogP contribution is -2.22. The van der Waals surface area contributed by atoms with Crippen LogP contribution in [0.15, 0.2) is 30.3 Å². The summed E-state index contributed by atoms with van der Waals surface area (Å²) in [4.78, 5) is 22.2. The number of carbonyl (C=O) groups is 2. The van der Waals surface area contributed by atoms with Gasteiger partial charge in [-0.05, 0) is 29.3 Å². The molecule has 0 aromatic heterocycles. The zero-order chi connectivity index (χ0) is 18.9. The molecule has 0 amide bonds. The number of rotatable bonds is 5. The van der Waals surface area contributed by atoms with Crippen molar-refractivity contribution in [3.8, 4) is 28.4 Å². The maximum absolute atomic E-state index is 11.2. The van der Waals surface area contributed by atoms with Crippen LogP contribution in [0.2, 0.25) is 0 Å². The molecule has 9 N–H and O–H groups in total. The number of hydrogen-bond acceptors (Lipinski definition) is 7. The monoisotopic (exact) mass is 348 g/mol. The number of carboxylic acids is 2. The van der Waals surface area contributed by atoms with Gasteiger partial charge in [-0.15, -0.1) is 0 Å². The number of phenolic OH excluding ortho intramolecular Hbond substituents is 3. The van der Waals surface area contributed by atoms with Gasteiger partial charge < -0.3 is 37.0 Å². The fraction of sp³-hybridized carbons (Fsp3) is 0.125. The van der Waals surface area contributed by atoms with Crippen molar-refractivity contribution in [1.82, 2.24) is 0 Å². The van der Waals surface area contributed by atoms with Crippen molar-refractivity contribution in [3.05, 3.63) is 41.5 Å². The van der Waals surface area contributed by atoms with Crippen molar-refractivity contribution < 1.29 is 35.1 Å². The molecule has 0 saturated heterocycles. The zero-order valence-corrected chi connectivity index (χ0v) is 12.7. The predicted octanol–water partition coefficient (Wildman–Crippen LogP) is 0.639. The molecule has 0 saturated carbocycles. The van der Waals surface area contributed by atoms with E-state index in [2.05, 4.69) is 0 Å². The van der Waals surface area contributed by atoms with Crippen LogP contribution in [0.1, 0.15) is 23.2 Å². The third kappa shape index (κ3) is 3.47. The maximum atomic E-state index is 11.2. The van der Waals surface area contributed by atoms with E-state index in [1.165, 1.54) is 12.1 Å². The summed E-state index contributed by atoms with van der Waals surface area (Å²) >= 11 is 0. The van der Waals surface area contributed by atoms with Gasteiger partial charge in [0.25, 0.3) is 0 Å². The largest absolute Gasteiger partial charge is 0.508 e. The Hall–Kier alpha value is -3.30. The van der Waals surface area contributed by atoms with Crippen molar-refractivity contribution in [1.29, 1.82) is 0 Å². The molecule has 2 rings (SSSR count). The van der Waals surface area contributed by atoms with Gasteiger partial charge in [-0.2, -0.15) is 0 Å². The Morgan fingerprint density at radius 2 is 1.44 bits per heavy atom. The van der Waals surface area contributed by atoms with Crippen LogP contribution in [0, 0.1) is 0 Å². The third-order valence-electron chi connectivity index (χ3n) is 3.65. The molecule has 0 aliphatic heterocycles. The average molecular weight is 348 g/mol. The van der Waals surface area contributed by atoms with E-state index in [0.29, 0.717) is 0 Å². The Bertz CT molecular complexity index is 851. The number of aliphatic carboxylic acids is 2. The van der Waals surface area contributed by atoms with E-state index in [1.807, 2.05) is 0 Å². The van der Waals surface area contributed by atoms with Gasteiger partial charge >= 0.3 is 11.9 Å². The van der Waals surface area contributed by atoms with Crippen molar-refractivity contribution in [3.63, 3.8) is 0 Å². The van der Waals surface area contributed by atoms with Crippen LogP contribution < -0.4 is 11.5 Å². The molecular formula is C16H16N2O7. The first kappa shape index (κ1) is 18.0. The zero-order valence-electron chi connectivity index (χ0n) is 12.7. The number of aromatic hydroxyl groups is 3. The molecule has 2 aromatic rings. The van der Waals surface area contributed by atoms with Gasteiger partial charge in [-0.1, -0.05) is 6.07 Å². The normalized spacial score (nSPS) is 13.2. The SMILES string of the molecule is N[C@H](C(=O)O)c1cc(O)cc(O)c1-c1cc([C@@H](N)C(=O)O)ccc1O. The molecule has 0 bridgehead atoms. The number of phenols is 3. The first-order chi connectivity index (χ1) is 11.6. The molecule has 132 valence electrons. The highest BCUT2D eigenvalue weighted by molar-refractivity contribution is 5.86. The van der Waals surface area contributed by atoms with Crippen LogP contribution in [0.5, 0.6) is 17.2 Å². The summed E-state index contributed by atoms with van der Waals surface area (Å²) in [7, 11) is 0. The molecule has 2 aromatic carbocycles. The quantitative estimate of drug-likeness (QED) is 0.406. The molecule has 0 radical (unpaired) electrons. The topological polar surface area (TPSA) is 187 Å². The first-order valence-corrected chi connectivity index (χ1v) is 6.99. The summed E-state index contributed by atoms with van der Waals surface area (Å²) in [5, 5.41) is 48.0. The second kappa shape index (κ2) is 6.67. The summed E-state index contributed by atoms with van der Waals surface area (Å²) in [6.07, 6.45) is 0. The molecule has 0 aliphatic rings. The number of nitrogens with two attached hydrogens (primary N) is 2. The molecule has 25 heavy (non-hydrogen) atoms. The predicted molar refractivity (Wildman–Crippen MR) is 86.0 cm³/mol. The van der Waals surface area contributed by atoms with Crippen LogP contribution in [0.3, 0.4) is 0 Å². The van der Waals surface area contributed by atoms with Crippen LogP contribution >= 0.6 is 0 Å². The lowest BCUT2D eigenvalue weighted by Gasteiger charge is -2.18. The molecule has 0 spiro atoms. The minimum atomic E-state index is -1.61. The summed E-state index contributed by atoms with van der Waals surface area (Å²) in [5.74, 6) is -4.06. The highest BCUT2D eigenvalue weighted by Gasteiger charge is 2.25. The van der Waals surface area contributed by atoms with Gasteiger partial charge in [0.1, 0.15) is 29.3 Å². The van der Waals surface area contributed by atoms with E-state index in [0.717, 1.165) is 18.2 Å². The van der Waals surface area contributed by atoms with Crippen molar-refractivity contribution in [2.75, 3.05) is 0 Å². The Morgan fingerprint density at radius 3 is 2.00 bits per heavy atom. The third-order valence-corrected chi connectivity index (χ3v) is 3.65. The summed E-state index contributed by atoms with van der Waals surface area (Å²) in [6, 6.07) is 2.63. The fourth-order valence-corrected chi connectivity index (χ4v) is 2.39. The molecule has 9 nitrogen and oxygen atoms in total. The lowest BCUT2D eigenvalue weighted by molar-refractivity contribution is -0.139. The Labute approximate surface area is 141 Å². The lowest BCUT2D eigenvalue weighted by atomic mass is 9.91. The molecular weight excluding hydrogens is 332 g/mol. The first-order valence-electron chi connectivity index (χ1n) is 6.99. The molecule has 0 unspecified atom stereocenters. The van der Waals surface area contributed by atoms with Crippen molar-refractivity contribution in [2.45, 2.75) is 12.1 Å². The van der Waals surface area contributed by atoms with Gasteiger partial charge in [0.15, 0.2) is 0 Å². The Kier molecular flexibility index (Phi) is 4.82. The van der Waals surface area contributed by atoms with E-state index in [4.69, 9.17) is 21.7 Å². The summed E-state index contributed by atoms with van der Waals surface area (Å²) in [5.41, 5.74) is 10.9. The van der Waals surface area contributed by atoms with Gasteiger partial charge in [-0.3, -0.25) is 9.59 Å². The summed E-state index contributed by atoms with van der Waals surface area (Å²) in [6.45, 7) is 0. The second-order valence-electron chi connectivity index (χ2n) is 5.34. The Balaban J connectivity index is 2.75. The highest BCUT2D eigenvalue weighted by Crippen LogP contribution is 2.42. The smallest absolute Gasteiger partial charge is 0.325 e. The minimum absolute atomic E-state index is 0.0709. The second-order valence-corrected chi connectivity index (χ2v) is 5.34. The van der Waals surface area contributed by atoms with Gasteiger partial charge in [0, 0.05) is 17.2 Å². The van der Waals surface area contributed by atoms with E-state index in [9.17, 15) is 24.9 Å². The molecule has 0 aliphatic carbocycles. The number of carboxylic acid groups (broad SMARTS) is 2. The van der Waals surface area contributed by atoms with Crippen LogP contribution in [0.25, 0.3) is 11.1 Å². The molecule has 0 heterocycles. The van der Waals surface area contributed by atoms with Gasteiger partial charge in [-0.25, -0.2) is 0 Å². The number of benzene rings is 2. The van der Waals surface area contributed by atoms with Crippen molar-refractivity contribution in [2.24, 2.45) is 11.5 Å². The summed E-state index contributed by atoms with van der Waals surface area (Å²) < 4.78 is 0. The van der Waals surface area contributed by atoms with E-state index < -0.39 is 35.5 Å². The number of hydrogen-bond donors (Lipinski definition) is 7. The maximum Gasteiger partial charge on any atom is 0.325 e. The fourth-order valence-electron chi connectivity index (χ4n) is 2.39.